The minimum absolute atomic E-state index is 0.121. The van der Waals surface area contributed by atoms with Crippen LogP contribution >= 0.6 is 23.2 Å². The van der Waals surface area contributed by atoms with Gasteiger partial charge in [-0.25, -0.2) is 0 Å². The molecule has 0 radical (unpaired) electrons. The van der Waals surface area contributed by atoms with Crippen LogP contribution in [0.5, 0.6) is 11.5 Å². The summed E-state index contributed by atoms with van der Waals surface area (Å²) in [6.45, 7) is 3.74. The van der Waals surface area contributed by atoms with E-state index in [2.05, 4.69) is 18.3 Å². The highest BCUT2D eigenvalue weighted by Gasteiger charge is 2.15. The molecule has 0 aromatic heterocycles. The molecule has 2 aromatic rings. The van der Waals surface area contributed by atoms with E-state index in [4.69, 9.17) is 27.9 Å². The first-order chi connectivity index (χ1) is 13.9. The van der Waals surface area contributed by atoms with Gasteiger partial charge in [-0.05, 0) is 49.1 Å². The van der Waals surface area contributed by atoms with Gasteiger partial charge in [0.25, 0.3) is 5.91 Å². The molecule has 0 fully saturated rings. The predicted octanol–water partition coefficient (Wildman–Crippen LogP) is 6.93. The molecule has 6 heteroatoms. The van der Waals surface area contributed by atoms with Crippen LogP contribution in [0.4, 0.5) is 5.69 Å². The van der Waals surface area contributed by atoms with E-state index in [9.17, 15) is 9.90 Å². The Hall–Kier alpha value is -1.91. The number of amides is 1. The number of anilines is 1. The summed E-state index contributed by atoms with van der Waals surface area (Å²) >= 11 is 12.1. The fourth-order valence-electron chi connectivity index (χ4n) is 3.03. The number of hydrogen-bond acceptors (Lipinski definition) is 3. The molecule has 158 valence electrons. The lowest BCUT2D eigenvalue weighted by atomic mass is 10.0. The fourth-order valence-corrected chi connectivity index (χ4v) is 3.49. The number of unbranched alkanes of at least 4 members (excludes halogenated alkanes) is 5. The summed E-state index contributed by atoms with van der Waals surface area (Å²) in [6.07, 6.45) is 8.55. The van der Waals surface area contributed by atoms with Crippen LogP contribution in [-0.2, 0) is 11.2 Å². The number of nitrogens with one attached hydrogen (secondary N) is 1. The normalized spacial score (nSPS) is 10.8. The fraction of sp³-hybridized carbons (Fsp3) is 0.435. The molecule has 0 spiro atoms. The van der Waals surface area contributed by atoms with Gasteiger partial charge in [-0.2, -0.15) is 0 Å². The van der Waals surface area contributed by atoms with Crippen LogP contribution in [0.2, 0.25) is 10.0 Å². The Morgan fingerprint density at radius 3 is 2.59 bits per heavy atom. The predicted molar refractivity (Wildman–Crippen MR) is 121 cm³/mol. The van der Waals surface area contributed by atoms with Crippen molar-refractivity contribution in [2.75, 3.05) is 11.9 Å². The van der Waals surface area contributed by atoms with E-state index < -0.39 is 5.91 Å². The average Bonchev–Trinajstić information content (AvgIpc) is 2.72. The summed E-state index contributed by atoms with van der Waals surface area (Å²) in [4.78, 5) is 12.2. The molecule has 2 N–H and O–H groups in total. The first-order valence-electron chi connectivity index (χ1n) is 10.1. The number of aromatic hydroxyl groups is 1. The highest BCUT2D eigenvalue weighted by Crippen LogP contribution is 2.38. The number of rotatable bonds is 11. The number of benzene rings is 2. The van der Waals surface area contributed by atoms with E-state index in [-0.39, 0.29) is 23.1 Å². The molecule has 0 bridgehead atoms. The zero-order valence-electron chi connectivity index (χ0n) is 17.1. The van der Waals surface area contributed by atoms with Crippen molar-refractivity contribution >= 4 is 34.8 Å². The molecule has 0 aliphatic rings. The lowest BCUT2D eigenvalue weighted by molar-refractivity contribution is -0.118. The summed E-state index contributed by atoms with van der Waals surface area (Å²) in [6, 6.07) is 9.28. The molecule has 0 atom stereocenters. The highest BCUT2D eigenvalue weighted by atomic mass is 35.5. The van der Waals surface area contributed by atoms with E-state index in [1.807, 2.05) is 18.2 Å². The van der Waals surface area contributed by atoms with Crippen LogP contribution < -0.4 is 10.1 Å². The third kappa shape index (κ3) is 7.45. The van der Waals surface area contributed by atoms with E-state index >= 15 is 0 Å². The van der Waals surface area contributed by atoms with Crippen LogP contribution in [0, 0.1) is 6.92 Å². The highest BCUT2D eigenvalue weighted by molar-refractivity contribution is 6.37. The Bertz CT molecular complexity index is 824. The maximum Gasteiger partial charge on any atom is 0.262 e. The molecule has 0 saturated heterocycles. The SMILES string of the molecule is CCCCCCCCc1cccc(OCC(=O)Nc2cc(Cl)c(C)c(Cl)c2O)c1. The number of aryl methyl sites for hydroxylation is 1. The van der Waals surface area contributed by atoms with Crippen molar-refractivity contribution in [2.45, 2.75) is 58.8 Å². The van der Waals surface area contributed by atoms with Gasteiger partial charge in [0.05, 0.1) is 10.7 Å². The quantitative estimate of drug-likeness (QED) is 0.296. The van der Waals surface area contributed by atoms with Crippen molar-refractivity contribution in [1.82, 2.24) is 0 Å². The number of hydrogen-bond donors (Lipinski definition) is 2. The summed E-state index contributed by atoms with van der Waals surface area (Å²) in [7, 11) is 0. The smallest absolute Gasteiger partial charge is 0.262 e. The van der Waals surface area contributed by atoms with Gasteiger partial charge < -0.3 is 15.2 Å². The molecule has 2 rings (SSSR count). The van der Waals surface area contributed by atoms with Gasteiger partial charge in [-0.3, -0.25) is 4.79 Å². The van der Waals surface area contributed by atoms with Crippen molar-refractivity contribution in [3.8, 4) is 11.5 Å². The second-order valence-corrected chi connectivity index (χ2v) is 7.98. The standard InChI is InChI=1S/C23H29Cl2NO3/c1-3-4-5-6-7-8-10-17-11-9-12-18(13-17)29-15-21(27)26-20-14-19(24)16(2)22(25)23(20)28/h9,11-14,28H,3-8,10,15H2,1-2H3,(H,26,27). The van der Waals surface area contributed by atoms with Gasteiger partial charge in [0.15, 0.2) is 12.4 Å². The third-order valence-electron chi connectivity index (χ3n) is 4.78. The zero-order chi connectivity index (χ0) is 21.2. The molecule has 2 aromatic carbocycles. The number of phenols is 1. The van der Waals surface area contributed by atoms with Gasteiger partial charge in [0.1, 0.15) is 5.75 Å². The molecular formula is C23H29Cl2NO3. The molecule has 1 amide bonds. The summed E-state index contributed by atoms with van der Waals surface area (Å²) in [5, 5.41) is 13.1. The number of halogens is 2. The van der Waals surface area contributed by atoms with Gasteiger partial charge in [-0.1, -0.05) is 74.4 Å². The van der Waals surface area contributed by atoms with Crippen LogP contribution in [0.25, 0.3) is 0 Å². The van der Waals surface area contributed by atoms with E-state index in [1.54, 1.807) is 6.92 Å². The molecule has 0 unspecified atom stereocenters. The van der Waals surface area contributed by atoms with Crippen molar-refractivity contribution in [3.05, 3.63) is 51.5 Å². The van der Waals surface area contributed by atoms with Crippen molar-refractivity contribution in [3.63, 3.8) is 0 Å². The second kappa shape index (κ2) is 11.9. The Kier molecular flexibility index (Phi) is 9.62. The number of carbonyl (C=O) groups is 1. The summed E-state index contributed by atoms with van der Waals surface area (Å²) in [5.41, 5.74) is 1.92. The maximum atomic E-state index is 12.2. The first kappa shape index (κ1) is 23.4. The second-order valence-electron chi connectivity index (χ2n) is 7.20. The Balaban J connectivity index is 1.83. The monoisotopic (exact) mass is 437 g/mol. The Morgan fingerprint density at radius 2 is 1.83 bits per heavy atom. The van der Waals surface area contributed by atoms with Crippen LogP contribution in [0.1, 0.15) is 56.6 Å². The lowest BCUT2D eigenvalue weighted by Crippen LogP contribution is -2.20. The van der Waals surface area contributed by atoms with Crippen LogP contribution in [0.15, 0.2) is 30.3 Å². The molecule has 4 nitrogen and oxygen atoms in total. The van der Waals surface area contributed by atoms with Gasteiger partial charge in [0, 0.05) is 5.02 Å². The number of carbonyl (C=O) groups excluding carboxylic acids is 1. The molecule has 29 heavy (non-hydrogen) atoms. The van der Waals surface area contributed by atoms with Crippen molar-refractivity contribution < 1.29 is 14.6 Å². The summed E-state index contributed by atoms with van der Waals surface area (Å²) < 4.78 is 5.60. The lowest BCUT2D eigenvalue weighted by Gasteiger charge is -2.12. The maximum absolute atomic E-state index is 12.2. The van der Waals surface area contributed by atoms with Gasteiger partial charge >= 0.3 is 0 Å². The molecule has 0 heterocycles. The number of ether oxygens (including phenoxy) is 1. The first-order valence-corrected chi connectivity index (χ1v) is 10.9. The molecule has 0 aliphatic carbocycles. The Labute approximate surface area is 183 Å². The van der Waals surface area contributed by atoms with Crippen LogP contribution in [0.3, 0.4) is 0 Å². The Morgan fingerprint density at radius 1 is 1.10 bits per heavy atom. The molecule has 0 aliphatic heterocycles. The van der Waals surface area contributed by atoms with Crippen molar-refractivity contribution in [1.29, 1.82) is 0 Å². The minimum atomic E-state index is -0.405. The van der Waals surface area contributed by atoms with Crippen LogP contribution in [-0.4, -0.2) is 17.6 Å². The zero-order valence-corrected chi connectivity index (χ0v) is 18.6. The van der Waals surface area contributed by atoms with Gasteiger partial charge in [-0.15, -0.1) is 0 Å². The molecule has 0 saturated carbocycles. The number of phenolic OH excluding ortho intramolecular Hbond substituents is 1. The molecular weight excluding hydrogens is 409 g/mol. The van der Waals surface area contributed by atoms with E-state index in [0.717, 1.165) is 12.8 Å². The average molecular weight is 438 g/mol. The van der Waals surface area contributed by atoms with E-state index in [1.165, 1.54) is 43.7 Å². The topological polar surface area (TPSA) is 58.6 Å². The van der Waals surface area contributed by atoms with E-state index in [0.29, 0.717) is 16.3 Å². The summed E-state index contributed by atoms with van der Waals surface area (Å²) in [5.74, 6) is 0.0355. The largest absolute Gasteiger partial charge is 0.504 e. The minimum Gasteiger partial charge on any atom is -0.504 e. The van der Waals surface area contributed by atoms with Crippen molar-refractivity contribution in [2.24, 2.45) is 0 Å². The van der Waals surface area contributed by atoms with Gasteiger partial charge in [0.2, 0.25) is 0 Å². The third-order valence-corrected chi connectivity index (χ3v) is 5.64.